The van der Waals surface area contributed by atoms with Gasteiger partial charge in [0.2, 0.25) is 5.91 Å². The van der Waals surface area contributed by atoms with Gasteiger partial charge in [-0.2, -0.15) is 0 Å². The third kappa shape index (κ3) is 4.38. The fourth-order valence-electron chi connectivity index (χ4n) is 2.74. The normalized spacial score (nSPS) is 16.0. The summed E-state index contributed by atoms with van der Waals surface area (Å²) in [5, 5.41) is 3.43. The van der Waals surface area contributed by atoms with E-state index in [1.54, 1.807) is 54.3 Å². The topological polar surface area (TPSA) is 58.6 Å². The lowest BCUT2D eigenvalue weighted by Crippen LogP contribution is -2.44. The summed E-state index contributed by atoms with van der Waals surface area (Å²) in [5.74, 6) is 0.154. The second-order valence-electron chi connectivity index (χ2n) is 6.05. The molecular weight excluding hydrogens is 364 g/mol. The van der Waals surface area contributed by atoms with Gasteiger partial charge in [-0.05, 0) is 42.8 Å². The predicted octanol–water partition coefficient (Wildman–Crippen LogP) is 4.29. The standard InChI is InChI=1S/C21H19ClN2O3/c1-3-12-24-18-10-9-17(13-19(18)27-14(2)21(24)26)23-20(25)11-6-15-4-7-16(22)8-5-15/h3-11,13-14H,1,12H2,2H3,(H,23,25)/b11-6+. The van der Waals surface area contributed by atoms with Gasteiger partial charge in [0.05, 0.1) is 5.69 Å². The van der Waals surface area contributed by atoms with Crippen LogP contribution < -0.4 is 15.0 Å². The highest BCUT2D eigenvalue weighted by molar-refractivity contribution is 6.30. The zero-order chi connectivity index (χ0) is 19.4. The number of amides is 2. The van der Waals surface area contributed by atoms with Crippen molar-refractivity contribution in [2.45, 2.75) is 13.0 Å². The minimum Gasteiger partial charge on any atom is -0.479 e. The average molecular weight is 383 g/mol. The number of ether oxygens (including phenoxy) is 1. The van der Waals surface area contributed by atoms with Crippen LogP contribution in [0.4, 0.5) is 11.4 Å². The number of fused-ring (bicyclic) bond motifs is 1. The van der Waals surface area contributed by atoms with Gasteiger partial charge in [-0.1, -0.05) is 29.8 Å². The first-order valence-electron chi connectivity index (χ1n) is 8.45. The van der Waals surface area contributed by atoms with E-state index in [0.29, 0.717) is 28.7 Å². The molecule has 1 heterocycles. The molecule has 5 nitrogen and oxygen atoms in total. The first-order valence-corrected chi connectivity index (χ1v) is 8.83. The average Bonchev–Trinajstić information content (AvgIpc) is 2.65. The summed E-state index contributed by atoms with van der Waals surface area (Å²) in [7, 11) is 0. The van der Waals surface area contributed by atoms with Crippen molar-refractivity contribution in [3.63, 3.8) is 0 Å². The number of benzene rings is 2. The van der Waals surface area contributed by atoms with Gasteiger partial charge < -0.3 is 15.0 Å². The molecule has 0 fully saturated rings. The molecule has 1 aliphatic heterocycles. The third-order valence-electron chi connectivity index (χ3n) is 4.04. The summed E-state index contributed by atoms with van der Waals surface area (Å²) >= 11 is 5.84. The highest BCUT2D eigenvalue weighted by Crippen LogP contribution is 2.36. The van der Waals surface area contributed by atoms with Crippen molar-refractivity contribution in [3.8, 4) is 5.75 Å². The maximum Gasteiger partial charge on any atom is 0.268 e. The van der Waals surface area contributed by atoms with Crippen LogP contribution in [0.15, 0.2) is 61.2 Å². The molecule has 1 unspecified atom stereocenters. The minimum atomic E-state index is -0.590. The molecular formula is C21H19ClN2O3. The fraction of sp³-hybridized carbons (Fsp3) is 0.143. The van der Waals surface area contributed by atoms with Gasteiger partial charge in [0, 0.05) is 29.4 Å². The Morgan fingerprint density at radius 3 is 2.74 bits per heavy atom. The number of hydrogen-bond donors (Lipinski definition) is 1. The zero-order valence-electron chi connectivity index (χ0n) is 14.8. The van der Waals surface area contributed by atoms with E-state index < -0.39 is 6.10 Å². The SMILES string of the molecule is C=CCN1C(=O)C(C)Oc2cc(NC(=O)/C=C/c3ccc(Cl)cc3)ccc21. The number of rotatable bonds is 5. The first-order chi connectivity index (χ1) is 13.0. The molecule has 1 aliphatic rings. The van der Waals surface area contributed by atoms with Crippen LogP contribution >= 0.6 is 11.6 Å². The van der Waals surface area contributed by atoms with Crippen LogP contribution in [0, 0.1) is 0 Å². The molecule has 27 heavy (non-hydrogen) atoms. The van der Waals surface area contributed by atoms with Crippen LogP contribution in [0.1, 0.15) is 12.5 Å². The Hall–Kier alpha value is -3.05. The molecule has 0 aromatic heterocycles. The second kappa shape index (κ2) is 8.10. The van der Waals surface area contributed by atoms with Gasteiger partial charge in [0.1, 0.15) is 5.75 Å². The lowest BCUT2D eigenvalue weighted by atomic mass is 10.1. The summed E-state index contributed by atoms with van der Waals surface area (Å²) in [5.41, 5.74) is 2.11. The maximum absolute atomic E-state index is 12.2. The van der Waals surface area contributed by atoms with E-state index in [2.05, 4.69) is 11.9 Å². The monoisotopic (exact) mass is 382 g/mol. The summed E-state index contributed by atoms with van der Waals surface area (Å²) in [4.78, 5) is 26.0. The first kappa shape index (κ1) is 18.7. The summed E-state index contributed by atoms with van der Waals surface area (Å²) < 4.78 is 5.68. The Morgan fingerprint density at radius 1 is 1.30 bits per heavy atom. The molecule has 2 aromatic rings. The predicted molar refractivity (Wildman–Crippen MR) is 108 cm³/mol. The lowest BCUT2D eigenvalue weighted by molar-refractivity contribution is -0.125. The molecule has 0 spiro atoms. The van der Waals surface area contributed by atoms with Gasteiger partial charge >= 0.3 is 0 Å². The second-order valence-corrected chi connectivity index (χ2v) is 6.49. The number of halogens is 1. The number of nitrogens with one attached hydrogen (secondary N) is 1. The Balaban J connectivity index is 1.74. The molecule has 0 radical (unpaired) electrons. The highest BCUT2D eigenvalue weighted by Gasteiger charge is 2.30. The van der Waals surface area contributed by atoms with Gasteiger partial charge in [-0.15, -0.1) is 6.58 Å². The van der Waals surface area contributed by atoms with Crippen molar-refractivity contribution >= 4 is 40.9 Å². The minimum absolute atomic E-state index is 0.120. The number of carbonyl (C=O) groups is 2. The van der Waals surface area contributed by atoms with Crippen molar-refractivity contribution in [2.24, 2.45) is 0 Å². The van der Waals surface area contributed by atoms with Gasteiger partial charge in [0.15, 0.2) is 6.10 Å². The van der Waals surface area contributed by atoms with Gasteiger partial charge in [-0.3, -0.25) is 9.59 Å². The highest BCUT2D eigenvalue weighted by atomic mass is 35.5. The van der Waals surface area contributed by atoms with E-state index in [-0.39, 0.29) is 11.8 Å². The summed E-state index contributed by atoms with van der Waals surface area (Å²) in [6.45, 7) is 5.78. The Labute approximate surface area is 162 Å². The molecule has 2 amide bonds. The summed E-state index contributed by atoms with van der Waals surface area (Å²) in [6.07, 6.45) is 4.22. The van der Waals surface area contributed by atoms with Crippen molar-refractivity contribution in [2.75, 3.05) is 16.8 Å². The smallest absolute Gasteiger partial charge is 0.268 e. The van der Waals surface area contributed by atoms with Crippen molar-refractivity contribution in [3.05, 3.63) is 71.8 Å². The Morgan fingerprint density at radius 2 is 2.04 bits per heavy atom. The fourth-order valence-corrected chi connectivity index (χ4v) is 2.86. The molecule has 138 valence electrons. The molecule has 6 heteroatoms. The molecule has 3 rings (SSSR count). The molecule has 0 aliphatic carbocycles. The van der Waals surface area contributed by atoms with Crippen molar-refractivity contribution in [1.82, 2.24) is 0 Å². The van der Waals surface area contributed by atoms with E-state index in [9.17, 15) is 9.59 Å². The van der Waals surface area contributed by atoms with Gasteiger partial charge in [0.25, 0.3) is 5.91 Å². The third-order valence-corrected chi connectivity index (χ3v) is 4.30. The van der Waals surface area contributed by atoms with Crippen LogP contribution in [-0.4, -0.2) is 24.5 Å². The number of hydrogen-bond acceptors (Lipinski definition) is 3. The Bertz CT molecular complexity index is 906. The molecule has 0 bridgehead atoms. The van der Waals surface area contributed by atoms with Crippen LogP contribution in [0.2, 0.25) is 5.02 Å². The molecule has 0 saturated heterocycles. The molecule has 1 atom stereocenters. The van der Waals surface area contributed by atoms with Crippen LogP contribution in [0.25, 0.3) is 6.08 Å². The quantitative estimate of drug-likeness (QED) is 0.619. The van der Waals surface area contributed by atoms with Crippen molar-refractivity contribution < 1.29 is 14.3 Å². The molecule has 0 saturated carbocycles. The van der Waals surface area contributed by atoms with E-state index in [4.69, 9.17) is 16.3 Å². The number of carbonyl (C=O) groups excluding carboxylic acids is 2. The Kier molecular flexibility index (Phi) is 5.62. The van der Waals surface area contributed by atoms with E-state index in [0.717, 1.165) is 5.56 Å². The van der Waals surface area contributed by atoms with Crippen LogP contribution in [0.5, 0.6) is 5.75 Å². The zero-order valence-corrected chi connectivity index (χ0v) is 15.6. The molecule has 2 aromatic carbocycles. The van der Waals surface area contributed by atoms with E-state index in [1.807, 2.05) is 12.1 Å². The largest absolute Gasteiger partial charge is 0.479 e. The maximum atomic E-state index is 12.2. The van der Waals surface area contributed by atoms with Crippen LogP contribution in [0.3, 0.4) is 0 Å². The van der Waals surface area contributed by atoms with Crippen molar-refractivity contribution in [1.29, 1.82) is 0 Å². The van der Waals surface area contributed by atoms with Crippen LogP contribution in [-0.2, 0) is 9.59 Å². The van der Waals surface area contributed by atoms with Gasteiger partial charge in [-0.25, -0.2) is 0 Å². The van der Waals surface area contributed by atoms with E-state index >= 15 is 0 Å². The number of anilines is 2. The van der Waals surface area contributed by atoms with E-state index in [1.165, 1.54) is 6.08 Å². The number of nitrogens with zero attached hydrogens (tertiary/aromatic N) is 1. The molecule has 1 N–H and O–H groups in total. The summed E-state index contributed by atoms with van der Waals surface area (Å²) in [6, 6.07) is 12.4. The lowest BCUT2D eigenvalue weighted by Gasteiger charge is -2.32.